The lowest BCUT2D eigenvalue weighted by Crippen LogP contribution is -2.45. The number of carbonyl (C=O) groups is 2. The van der Waals surface area contributed by atoms with Gasteiger partial charge in [0.05, 0.1) is 5.38 Å². The molecule has 6 atom stereocenters. The Balaban J connectivity index is 1.70. The molecule has 0 heterocycles. The molecule has 0 aliphatic heterocycles. The van der Waals surface area contributed by atoms with E-state index in [4.69, 9.17) is 16.3 Å². The molecule has 3 aliphatic rings. The lowest BCUT2D eigenvalue weighted by Gasteiger charge is -2.50. The summed E-state index contributed by atoms with van der Waals surface area (Å²) in [7, 11) is 0. The van der Waals surface area contributed by atoms with Crippen LogP contribution in [-0.2, 0) is 16.0 Å². The summed E-state index contributed by atoms with van der Waals surface area (Å²) in [5.74, 6) is 2.50. The second-order valence-corrected chi connectivity index (χ2v) is 8.98. The number of hydrogen-bond donors (Lipinski definition) is 0. The molecule has 25 heavy (non-hydrogen) atoms. The molecule has 3 aliphatic carbocycles. The van der Waals surface area contributed by atoms with Crippen LogP contribution in [0.3, 0.4) is 0 Å². The smallest absolute Gasteiger partial charge is 0.308 e. The van der Waals surface area contributed by atoms with Gasteiger partial charge in [-0.25, -0.2) is 0 Å². The standard InChI is InChI=1S/C21H25ClO3/c1-11-8-13-9-14(25-12(2)23)4-5-15(13)16-6-7-21(3)17(19(11)16)10-18(22)20(21)24/h4-5,9,11,16-19H,6-8,10H2,1-3H3/t11-,16-,17+,18?,19-,21+/m1/s1. The molecule has 0 saturated heterocycles. The van der Waals surface area contributed by atoms with Crippen molar-refractivity contribution in [3.05, 3.63) is 29.3 Å². The van der Waals surface area contributed by atoms with Gasteiger partial charge in [0.2, 0.25) is 0 Å². The molecule has 4 heteroatoms. The van der Waals surface area contributed by atoms with Crippen molar-refractivity contribution in [2.45, 2.75) is 57.7 Å². The summed E-state index contributed by atoms with van der Waals surface area (Å²) in [6.07, 6.45) is 3.76. The Morgan fingerprint density at radius 1 is 1.36 bits per heavy atom. The molecule has 0 amide bonds. The van der Waals surface area contributed by atoms with Crippen molar-refractivity contribution in [3.63, 3.8) is 0 Å². The highest BCUT2D eigenvalue weighted by atomic mass is 35.5. The highest BCUT2D eigenvalue weighted by molar-refractivity contribution is 6.32. The van der Waals surface area contributed by atoms with Crippen LogP contribution < -0.4 is 4.74 Å². The first-order valence-electron chi connectivity index (χ1n) is 9.31. The minimum Gasteiger partial charge on any atom is -0.427 e. The van der Waals surface area contributed by atoms with Crippen LogP contribution in [0, 0.1) is 23.2 Å². The average molecular weight is 361 g/mol. The van der Waals surface area contributed by atoms with E-state index in [1.165, 1.54) is 18.1 Å². The third-order valence-electron chi connectivity index (χ3n) is 7.00. The first-order chi connectivity index (χ1) is 11.8. The van der Waals surface area contributed by atoms with E-state index in [0.717, 1.165) is 25.7 Å². The van der Waals surface area contributed by atoms with Gasteiger partial charge in [-0.2, -0.15) is 0 Å². The number of alkyl halides is 1. The maximum Gasteiger partial charge on any atom is 0.308 e. The van der Waals surface area contributed by atoms with Crippen LogP contribution in [-0.4, -0.2) is 17.1 Å². The van der Waals surface area contributed by atoms with Crippen molar-refractivity contribution >= 4 is 23.4 Å². The molecule has 1 unspecified atom stereocenters. The SMILES string of the molecule is CC(=O)Oc1ccc2c(c1)C[C@@H](C)[C@@H]1[C@@H]2CC[C@]2(C)C(=O)C(Cl)C[C@@H]12. The van der Waals surface area contributed by atoms with E-state index in [1.807, 2.05) is 12.1 Å². The van der Waals surface area contributed by atoms with E-state index < -0.39 is 0 Å². The highest BCUT2D eigenvalue weighted by Crippen LogP contribution is 2.61. The molecule has 0 N–H and O–H groups in total. The van der Waals surface area contributed by atoms with Gasteiger partial charge in [0.25, 0.3) is 0 Å². The van der Waals surface area contributed by atoms with E-state index in [0.29, 0.717) is 29.4 Å². The summed E-state index contributed by atoms with van der Waals surface area (Å²) in [6, 6.07) is 6.07. The molecule has 134 valence electrons. The van der Waals surface area contributed by atoms with Crippen LogP contribution in [0.1, 0.15) is 57.1 Å². The fraction of sp³-hybridized carbons (Fsp3) is 0.619. The molecule has 1 aromatic carbocycles. The molecule has 2 saturated carbocycles. The van der Waals surface area contributed by atoms with Gasteiger partial charge in [0, 0.05) is 12.3 Å². The molecule has 0 bridgehead atoms. The first kappa shape index (κ1) is 17.1. The predicted octanol–water partition coefficient (Wildman–Crippen LogP) is 4.50. The number of Topliss-reactive ketones (excluding diaryl/α,β-unsaturated/α-hetero) is 1. The van der Waals surface area contributed by atoms with Crippen LogP contribution >= 0.6 is 11.6 Å². The van der Waals surface area contributed by atoms with E-state index in [1.54, 1.807) is 0 Å². The average Bonchev–Trinajstić information content (AvgIpc) is 2.77. The molecule has 1 aromatic rings. The molecule has 2 fully saturated rings. The Kier molecular flexibility index (Phi) is 3.99. The Labute approximate surface area is 154 Å². The molecular weight excluding hydrogens is 336 g/mol. The zero-order chi connectivity index (χ0) is 17.9. The molecule has 4 rings (SSSR count). The van der Waals surface area contributed by atoms with Crippen molar-refractivity contribution in [1.29, 1.82) is 0 Å². The second-order valence-electron chi connectivity index (χ2n) is 8.45. The minimum atomic E-state index is -0.311. The number of ketones is 1. The lowest BCUT2D eigenvalue weighted by atomic mass is 9.53. The van der Waals surface area contributed by atoms with Gasteiger partial charge < -0.3 is 4.74 Å². The van der Waals surface area contributed by atoms with Gasteiger partial charge in [-0.05, 0) is 72.6 Å². The highest BCUT2D eigenvalue weighted by Gasteiger charge is 2.59. The van der Waals surface area contributed by atoms with Gasteiger partial charge in [0.15, 0.2) is 5.78 Å². The normalized spacial score (nSPS) is 39.4. The van der Waals surface area contributed by atoms with E-state index in [2.05, 4.69) is 19.9 Å². The number of ether oxygens (including phenoxy) is 1. The number of fused-ring (bicyclic) bond motifs is 5. The number of benzene rings is 1. The quantitative estimate of drug-likeness (QED) is 0.420. The van der Waals surface area contributed by atoms with Crippen molar-refractivity contribution in [1.82, 2.24) is 0 Å². The zero-order valence-electron chi connectivity index (χ0n) is 15.0. The number of halogens is 1. The van der Waals surface area contributed by atoms with E-state index in [9.17, 15) is 9.59 Å². The van der Waals surface area contributed by atoms with Gasteiger partial charge in [-0.15, -0.1) is 11.6 Å². The Morgan fingerprint density at radius 2 is 2.12 bits per heavy atom. The molecule has 0 spiro atoms. The van der Waals surface area contributed by atoms with Crippen LogP contribution in [0.25, 0.3) is 0 Å². The Morgan fingerprint density at radius 3 is 2.84 bits per heavy atom. The Bertz CT molecular complexity index is 743. The van der Waals surface area contributed by atoms with Gasteiger partial charge in [0.1, 0.15) is 5.75 Å². The number of esters is 1. The van der Waals surface area contributed by atoms with Crippen molar-refractivity contribution in [2.24, 2.45) is 23.2 Å². The maximum atomic E-state index is 12.7. The summed E-state index contributed by atoms with van der Waals surface area (Å²) >= 11 is 6.38. The van der Waals surface area contributed by atoms with Gasteiger partial charge in [-0.1, -0.05) is 19.9 Å². The molecular formula is C21H25ClO3. The number of rotatable bonds is 1. The van der Waals surface area contributed by atoms with Crippen LogP contribution in [0.15, 0.2) is 18.2 Å². The molecule has 0 aromatic heterocycles. The lowest BCUT2D eigenvalue weighted by molar-refractivity contribution is -0.132. The second kappa shape index (κ2) is 5.84. The minimum absolute atomic E-state index is 0.239. The fourth-order valence-electron chi connectivity index (χ4n) is 5.94. The van der Waals surface area contributed by atoms with Crippen molar-refractivity contribution in [2.75, 3.05) is 0 Å². The summed E-state index contributed by atoms with van der Waals surface area (Å²) in [6.45, 7) is 5.88. The zero-order valence-corrected chi connectivity index (χ0v) is 15.8. The van der Waals surface area contributed by atoms with Crippen LogP contribution in [0.5, 0.6) is 5.75 Å². The predicted molar refractivity (Wildman–Crippen MR) is 96.9 cm³/mol. The molecule has 0 radical (unpaired) electrons. The third kappa shape index (κ3) is 2.54. The number of hydrogen-bond acceptors (Lipinski definition) is 3. The molecule has 3 nitrogen and oxygen atoms in total. The van der Waals surface area contributed by atoms with Crippen LogP contribution in [0.4, 0.5) is 0 Å². The first-order valence-corrected chi connectivity index (χ1v) is 9.74. The van der Waals surface area contributed by atoms with Gasteiger partial charge in [-0.3, -0.25) is 9.59 Å². The fourth-order valence-corrected chi connectivity index (χ4v) is 6.38. The van der Waals surface area contributed by atoms with Crippen molar-refractivity contribution < 1.29 is 14.3 Å². The van der Waals surface area contributed by atoms with E-state index in [-0.39, 0.29) is 22.5 Å². The van der Waals surface area contributed by atoms with Crippen LogP contribution in [0.2, 0.25) is 0 Å². The third-order valence-corrected chi connectivity index (χ3v) is 7.38. The largest absolute Gasteiger partial charge is 0.427 e. The van der Waals surface area contributed by atoms with E-state index >= 15 is 0 Å². The summed E-state index contributed by atoms with van der Waals surface area (Å²) < 4.78 is 5.26. The maximum absolute atomic E-state index is 12.7. The van der Waals surface area contributed by atoms with Crippen molar-refractivity contribution in [3.8, 4) is 5.75 Å². The summed E-state index contributed by atoms with van der Waals surface area (Å²) in [5, 5.41) is -0.311. The number of carbonyl (C=O) groups excluding carboxylic acids is 2. The Hall–Kier alpha value is -1.35. The topological polar surface area (TPSA) is 43.4 Å². The summed E-state index contributed by atoms with van der Waals surface area (Å²) in [5.41, 5.74) is 2.44. The summed E-state index contributed by atoms with van der Waals surface area (Å²) in [4.78, 5) is 23.9. The van der Waals surface area contributed by atoms with Gasteiger partial charge >= 0.3 is 5.97 Å². The monoisotopic (exact) mass is 360 g/mol.